The highest BCUT2D eigenvalue weighted by Crippen LogP contribution is 2.32. The van der Waals surface area contributed by atoms with Gasteiger partial charge in [-0.2, -0.15) is 0 Å². The van der Waals surface area contributed by atoms with Crippen molar-refractivity contribution in [3.8, 4) is 0 Å². The van der Waals surface area contributed by atoms with Crippen molar-refractivity contribution in [1.29, 1.82) is 0 Å². The molecule has 1 heterocycles. The van der Waals surface area contributed by atoms with Crippen LogP contribution in [0.1, 0.15) is 23.7 Å². The second-order valence-electron chi connectivity index (χ2n) is 4.95. The Balaban J connectivity index is 2.40. The molecule has 0 aromatic heterocycles. The number of aliphatic hydroxyl groups is 1. The highest BCUT2D eigenvalue weighted by Gasteiger charge is 2.37. The minimum absolute atomic E-state index is 0.0338. The molecule has 1 saturated heterocycles. The van der Waals surface area contributed by atoms with Gasteiger partial charge in [-0.05, 0) is 25.1 Å². The highest BCUT2D eigenvalue weighted by atomic mass is 35.5. The molecule has 2 N–H and O–H groups in total. The van der Waals surface area contributed by atoms with E-state index < -0.39 is 27.9 Å². The Labute approximate surface area is 132 Å². The molecule has 0 saturated carbocycles. The molecule has 2 rings (SSSR count). The first kappa shape index (κ1) is 16.7. The third-order valence-corrected chi connectivity index (χ3v) is 5.15. The summed E-state index contributed by atoms with van der Waals surface area (Å²) >= 11 is 5.98. The van der Waals surface area contributed by atoms with E-state index >= 15 is 0 Å². The van der Waals surface area contributed by atoms with Gasteiger partial charge in [-0.15, -0.1) is 0 Å². The lowest BCUT2D eigenvalue weighted by Gasteiger charge is -2.18. The van der Waals surface area contributed by atoms with Crippen LogP contribution in [0.25, 0.3) is 0 Å². The SMILES string of the molecule is C[C@@H](CO)NC(=O)c1ccc(Cl)c(N2C(=O)CCS2(=O)=O)c1. The fourth-order valence-electron chi connectivity index (χ4n) is 2.01. The quantitative estimate of drug-likeness (QED) is 0.827. The zero-order chi connectivity index (χ0) is 16.5. The van der Waals surface area contributed by atoms with E-state index in [1.807, 2.05) is 0 Å². The average Bonchev–Trinajstić information content (AvgIpc) is 2.73. The van der Waals surface area contributed by atoms with Gasteiger partial charge in [0.1, 0.15) is 0 Å². The van der Waals surface area contributed by atoms with Crippen LogP contribution in [0.2, 0.25) is 5.02 Å². The molecule has 9 heteroatoms. The molecule has 0 bridgehead atoms. The van der Waals surface area contributed by atoms with Gasteiger partial charge in [-0.25, -0.2) is 12.7 Å². The molecule has 0 aliphatic carbocycles. The first-order chi connectivity index (χ1) is 10.3. The zero-order valence-electron chi connectivity index (χ0n) is 11.7. The van der Waals surface area contributed by atoms with E-state index in [2.05, 4.69) is 5.32 Å². The summed E-state index contributed by atoms with van der Waals surface area (Å²) in [6.45, 7) is 1.38. The number of aliphatic hydroxyl groups excluding tert-OH is 1. The molecule has 1 atom stereocenters. The normalized spacial score (nSPS) is 18.3. The highest BCUT2D eigenvalue weighted by molar-refractivity contribution is 7.94. The minimum Gasteiger partial charge on any atom is -0.394 e. The zero-order valence-corrected chi connectivity index (χ0v) is 13.3. The summed E-state index contributed by atoms with van der Waals surface area (Å²) < 4.78 is 24.5. The summed E-state index contributed by atoms with van der Waals surface area (Å²) in [5, 5.41) is 11.5. The molecule has 1 fully saturated rings. The second kappa shape index (κ2) is 6.23. The van der Waals surface area contributed by atoms with Gasteiger partial charge in [0.2, 0.25) is 15.9 Å². The number of hydrogen-bond donors (Lipinski definition) is 2. The Kier molecular flexibility index (Phi) is 4.74. The fourth-order valence-corrected chi connectivity index (χ4v) is 3.73. The number of hydrogen-bond acceptors (Lipinski definition) is 5. The van der Waals surface area contributed by atoms with Crippen LogP contribution in [0, 0.1) is 0 Å². The van der Waals surface area contributed by atoms with Gasteiger partial charge in [0, 0.05) is 18.0 Å². The van der Waals surface area contributed by atoms with Gasteiger partial charge in [0.25, 0.3) is 5.91 Å². The number of anilines is 1. The number of rotatable bonds is 4. The Bertz CT molecular complexity index is 719. The molecule has 0 unspecified atom stereocenters. The molecule has 120 valence electrons. The van der Waals surface area contributed by atoms with E-state index in [1.165, 1.54) is 18.2 Å². The average molecular weight is 347 g/mol. The maximum absolute atomic E-state index is 12.0. The Morgan fingerprint density at radius 3 is 2.73 bits per heavy atom. The van der Waals surface area contributed by atoms with E-state index in [0.717, 1.165) is 0 Å². The lowest BCUT2D eigenvalue weighted by Crippen LogP contribution is -2.35. The van der Waals surface area contributed by atoms with Crippen LogP contribution >= 0.6 is 11.6 Å². The van der Waals surface area contributed by atoms with Crippen LogP contribution in [0.5, 0.6) is 0 Å². The Morgan fingerprint density at radius 1 is 1.50 bits per heavy atom. The van der Waals surface area contributed by atoms with Crippen LogP contribution in [-0.4, -0.2) is 43.7 Å². The fraction of sp³-hybridized carbons (Fsp3) is 0.385. The number of sulfonamides is 1. The van der Waals surface area contributed by atoms with Crippen LogP contribution < -0.4 is 9.62 Å². The lowest BCUT2D eigenvalue weighted by atomic mass is 10.1. The number of carbonyl (C=O) groups excluding carboxylic acids is 2. The van der Waals surface area contributed by atoms with Gasteiger partial charge in [0.15, 0.2) is 0 Å². The van der Waals surface area contributed by atoms with E-state index in [-0.39, 0.29) is 35.1 Å². The number of halogens is 1. The molecule has 0 spiro atoms. The molecule has 1 aromatic rings. The summed E-state index contributed by atoms with van der Waals surface area (Å²) in [6.07, 6.45) is -0.114. The maximum atomic E-state index is 12.0. The smallest absolute Gasteiger partial charge is 0.251 e. The van der Waals surface area contributed by atoms with E-state index in [0.29, 0.717) is 4.31 Å². The van der Waals surface area contributed by atoms with Gasteiger partial charge in [-0.3, -0.25) is 9.59 Å². The third kappa shape index (κ3) is 3.23. The number of amides is 2. The first-order valence-corrected chi connectivity index (χ1v) is 8.52. The molecule has 1 aliphatic heterocycles. The topological polar surface area (TPSA) is 104 Å². The summed E-state index contributed by atoms with van der Waals surface area (Å²) in [4.78, 5) is 23.8. The van der Waals surface area contributed by atoms with E-state index in [9.17, 15) is 18.0 Å². The largest absolute Gasteiger partial charge is 0.394 e. The molecule has 1 aromatic carbocycles. The molecular weight excluding hydrogens is 332 g/mol. The number of nitrogens with one attached hydrogen (secondary N) is 1. The number of benzene rings is 1. The van der Waals surface area contributed by atoms with Crippen LogP contribution in [0.4, 0.5) is 5.69 Å². The van der Waals surface area contributed by atoms with Crippen molar-refractivity contribution in [2.24, 2.45) is 0 Å². The molecular formula is C13H15ClN2O5S. The monoisotopic (exact) mass is 346 g/mol. The van der Waals surface area contributed by atoms with Crippen molar-refractivity contribution < 1.29 is 23.1 Å². The van der Waals surface area contributed by atoms with Crippen LogP contribution in [-0.2, 0) is 14.8 Å². The number of nitrogens with zero attached hydrogens (tertiary/aromatic N) is 1. The molecule has 0 radical (unpaired) electrons. The third-order valence-electron chi connectivity index (χ3n) is 3.16. The van der Waals surface area contributed by atoms with Crippen molar-refractivity contribution in [1.82, 2.24) is 5.32 Å². The standard InChI is InChI=1S/C13H15ClN2O5S/c1-8(7-17)15-13(19)9-2-3-10(14)11(6-9)16-12(18)4-5-22(16,20)21/h2-3,6,8,17H,4-5,7H2,1H3,(H,15,19)/t8-/m0/s1. The van der Waals surface area contributed by atoms with Gasteiger partial charge in [0.05, 0.1) is 23.1 Å². The van der Waals surface area contributed by atoms with Crippen molar-refractivity contribution in [2.45, 2.75) is 19.4 Å². The van der Waals surface area contributed by atoms with E-state index in [4.69, 9.17) is 16.7 Å². The van der Waals surface area contributed by atoms with Crippen molar-refractivity contribution in [2.75, 3.05) is 16.7 Å². The Morgan fingerprint density at radius 2 is 2.18 bits per heavy atom. The van der Waals surface area contributed by atoms with E-state index in [1.54, 1.807) is 6.92 Å². The first-order valence-electron chi connectivity index (χ1n) is 6.53. The molecule has 22 heavy (non-hydrogen) atoms. The Hall–Kier alpha value is -1.64. The second-order valence-corrected chi connectivity index (χ2v) is 7.29. The lowest BCUT2D eigenvalue weighted by molar-refractivity contribution is -0.116. The summed E-state index contributed by atoms with van der Waals surface area (Å²) in [7, 11) is -3.75. The van der Waals surface area contributed by atoms with Crippen LogP contribution in [0.3, 0.4) is 0 Å². The molecule has 1 aliphatic rings. The summed E-state index contributed by atoms with van der Waals surface area (Å²) in [5.74, 6) is -1.35. The van der Waals surface area contributed by atoms with Gasteiger partial charge in [-0.1, -0.05) is 11.6 Å². The van der Waals surface area contributed by atoms with Crippen LogP contribution in [0.15, 0.2) is 18.2 Å². The minimum atomic E-state index is -3.75. The van der Waals surface area contributed by atoms with Crippen molar-refractivity contribution >= 4 is 39.1 Å². The predicted molar refractivity (Wildman–Crippen MR) is 81.4 cm³/mol. The summed E-state index contributed by atoms with van der Waals surface area (Å²) in [5.41, 5.74) is 0.114. The van der Waals surface area contributed by atoms with Gasteiger partial charge >= 0.3 is 0 Å². The molecule has 7 nitrogen and oxygen atoms in total. The predicted octanol–water partition coefficient (Wildman–Crippen LogP) is 0.517. The van der Waals surface area contributed by atoms with Crippen molar-refractivity contribution in [3.63, 3.8) is 0 Å². The maximum Gasteiger partial charge on any atom is 0.251 e. The van der Waals surface area contributed by atoms with Crippen molar-refractivity contribution in [3.05, 3.63) is 28.8 Å². The number of carbonyl (C=O) groups is 2. The molecule has 2 amide bonds. The summed E-state index contributed by atoms with van der Waals surface area (Å²) in [6, 6.07) is 3.57. The van der Waals surface area contributed by atoms with Gasteiger partial charge < -0.3 is 10.4 Å².